The Hall–Kier alpha value is -4.21. The molecule has 0 radical (unpaired) electrons. The van der Waals surface area contributed by atoms with Crippen molar-refractivity contribution in [1.82, 2.24) is 4.98 Å². The van der Waals surface area contributed by atoms with Crippen LogP contribution in [0.15, 0.2) is 66.7 Å². The predicted molar refractivity (Wildman–Crippen MR) is 140 cm³/mol. The SMILES string of the molecule is CC(C)c1ccc(-c2c(C#N)c(N)nc3sc(C(=O)c4ccc5ccccc5c4)c(N)c23)cc1. The number of hydrogen-bond acceptors (Lipinski definition) is 6. The highest BCUT2D eigenvalue weighted by molar-refractivity contribution is 7.21. The summed E-state index contributed by atoms with van der Waals surface area (Å²) in [5, 5.41) is 12.5. The van der Waals surface area contributed by atoms with Gasteiger partial charge in [-0.3, -0.25) is 4.79 Å². The van der Waals surface area contributed by atoms with Gasteiger partial charge in [-0.05, 0) is 33.9 Å². The highest BCUT2D eigenvalue weighted by Gasteiger charge is 2.25. The second-order valence-electron chi connectivity index (χ2n) is 8.55. The van der Waals surface area contributed by atoms with Gasteiger partial charge >= 0.3 is 0 Å². The molecule has 0 saturated carbocycles. The smallest absolute Gasteiger partial charge is 0.205 e. The zero-order valence-corrected chi connectivity index (χ0v) is 19.6. The first kappa shape index (κ1) is 21.6. The Bertz CT molecular complexity index is 1630. The molecule has 0 fully saturated rings. The van der Waals surface area contributed by atoms with E-state index in [1.54, 1.807) is 0 Å². The first-order chi connectivity index (χ1) is 16.4. The van der Waals surface area contributed by atoms with Crippen LogP contribution in [0.2, 0.25) is 0 Å². The summed E-state index contributed by atoms with van der Waals surface area (Å²) in [4.78, 5) is 18.9. The average molecular weight is 463 g/mol. The normalized spacial score (nSPS) is 11.2. The van der Waals surface area contributed by atoms with Crippen LogP contribution in [-0.2, 0) is 0 Å². The van der Waals surface area contributed by atoms with Gasteiger partial charge in [-0.15, -0.1) is 11.3 Å². The second-order valence-corrected chi connectivity index (χ2v) is 9.55. The Kier molecular flexibility index (Phi) is 5.27. The predicted octanol–water partition coefficient (Wildman–Crippen LogP) is 6.51. The summed E-state index contributed by atoms with van der Waals surface area (Å²) in [7, 11) is 0. The van der Waals surface area contributed by atoms with Gasteiger partial charge in [0.15, 0.2) is 0 Å². The number of carbonyl (C=O) groups excluding carboxylic acids is 1. The fourth-order valence-corrected chi connectivity index (χ4v) is 5.31. The molecule has 0 unspecified atom stereocenters. The maximum Gasteiger partial charge on any atom is 0.205 e. The van der Waals surface area contributed by atoms with Gasteiger partial charge in [0.1, 0.15) is 27.2 Å². The number of aromatic nitrogens is 1. The Balaban J connectivity index is 1.71. The number of hydrogen-bond donors (Lipinski definition) is 2. The molecule has 5 nitrogen and oxygen atoms in total. The highest BCUT2D eigenvalue weighted by Crippen LogP contribution is 2.43. The molecule has 0 spiro atoms. The van der Waals surface area contributed by atoms with Crippen LogP contribution in [0.1, 0.15) is 46.1 Å². The summed E-state index contributed by atoms with van der Waals surface area (Å²) in [5.41, 5.74) is 16.5. The van der Waals surface area contributed by atoms with E-state index in [1.165, 1.54) is 16.9 Å². The summed E-state index contributed by atoms with van der Waals surface area (Å²) in [6.07, 6.45) is 0. The fraction of sp³-hybridized carbons (Fsp3) is 0.107. The zero-order valence-electron chi connectivity index (χ0n) is 18.8. The van der Waals surface area contributed by atoms with E-state index < -0.39 is 0 Å². The quantitative estimate of drug-likeness (QED) is 0.296. The molecule has 166 valence electrons. The standard InChI is InChI=1S/C28H22N4OS/c1-15(2)16-7-10-18(11-8-16)22-21(14-29)27(31)32-28-23(22)24(30)26(34-28)25(33)20-12-9-17-5-3-4-6-19(17)13-20/h3-13,15H,30H2,1-2H3,(H2,31,32). The first-order valence-electron chi connectivity index (χ1n) is 10.9. The minimum atomic E-state index is -0.176. The lowest BCUT2D eigenvalue weighted by atomic mass is 9.94. The van der Waals surface area contributed by atoms with Crippen molar-refractivity contribution in [2.24, 2.45) is 0 Å². The molecular weight excluding hydrogens is 440 g/mol. The van der Waals surface area contributed by atoms with E-state index in [0.717, 1.165) is 16.3 Å². The van der Waals surface area contributed by atoms with E-state index in [-0.39, 0.29) is 17.2 Å². The summed E-state index contributed by atoms with van der Waals surface area (Å²) in [6.45, 7) is 4.25. The molecule has 6 heteroatoms. The number of thiophene rings is 1. The summed E-state index contributed by atoms with van der Waals surface area (Å²) in [6, 6.07) is 23.7. The third kappa shape index (κ3) is 3.47. The number of nitrogen functional groups attached to an aromatic ring is 2. The van der Waals surface area contributed by atoms with Crippen molar-refractivity contribution >= 4 is 49.6 Å². The van der Waals surface area contributed by atoms with Gasteiger partial charge in [0.05, 0.1) is 5.69 Å². The topological polar surface area (TPSA) is 106 Å². The number of ketones is 1. The Morgan fingerprint density at radius 2 is 1.71 bits per heavy atom. The molecule has 0 aliphatic rings. The molecular formula is C28H22N4OS. The number of nitrogens with two attached hydrogens (primary N) is 2. The van der Waals surface area contributed by atoms with Crippen LogP contribution in [0.5, 0.6) is 0 Å². The highest BCUT2D eigenvalue weighted by atomic mass is 32.1. The molecule has 0 aliphatic carbocycles. The molecule has 0 saturated heterocycles. The number of nitriles is 1. The number of carbonyl (C=O) groups is 1. The Morgan fingerprint density at radius 3 is 2.38 bits per heavy atom. The number of nitrogens with zero attached hydrogens (tertiary/aromatic N) is 2. The Labute approximate surface area is 201 Å². The third-order valence-electron chi connectivity index (χ3n) is 6.10. The van der Waals surface area contributed by atoms with Crippen molar-refractivity contribution in [2.45, 2.75) is 19.8 Å². The number of anilines is 2. The molecule has 0 aliphatic heterocycles. The van der Waals surface area contributed by atoms with Gasteiger partial charge < -0.3 is 11.5 Å². The van der Waals surface area contributed by atoms with E-state index in [0.29, 0.717) is 37.8 Å². The van der Waals surface area contributed by atoms with Crippen LogP contribution < -0.4 is 11.5 Å². The van der Waals surface area contributed by atoms with E-state index in [1.807, 2.05) is 66.7 Å². The number of rotatable bonds is 4. The van der Waals surface area contributed by atoms with E-state index in [4.69, 9.17) is 11.5 Å². The molecule has 0 amide bonds. The summed E-state index contributed by atoms with van der Waals surface area (Å²) < 4.78 is 0. The van der Waals surface area contributed by atoms with Gasteiger partial charge in [-0.1, -0.05) is 74.5 Å². The second kappa shape index (κ2) is 8.29. The van der Waals surface area contributed by atoms with E-state index in [2.05, 4.69) is 24.9 Å². The molecule has 0 bridgehead atoms. The minimum Gasteiger partial charge on any atom is -0.397 e. The van der Waals surface area contributed by atoms with Crippen LogP contribution in [0.25, 0.3) is 32.1 Å². The maximum atomic E-state index is 13.5. The van der Waals surface area contributed by atoms with Crippen LogP contribution in [0.4, 0.5) is 11.5 Å². The lowest BCUT2D eigenvalue weighted by Crippen LogP contribution is -2.03. The fourth-order valence-electron chi connectivity index (χ4n) is 4.24. The lowest BCUT2D eigenvalue weighted by Gasteiger charge is -2.11. The zero-order chi connectivity index (χ0) is 24.0. The molecule has 5 rings (SSSR count). The molecule has 34 heavy (non-hydrogen) atoms. The lowest BCUT2D eigenvalue weighted by molar-refractivity contribution is 0.104. The summed E-state index contributed by atoms with van der Waals surface area (Å²) in [5.74, 6) is 0.331. The average Bonchev–Trinajstić information content (AvgIpc) is 3.17. The van der Waals surface area contributed by atoms with Crippen LogP contribution in [-0.4, -0.2) is 10.8 Å². The van der Waals surface area contributed by atoms with Crippen molar-refractivity contribution in [2.75, 3.05) is 11.5 Å². The van der Waals surface area contributed by atoms with E-state index in [9.17, 15) is 10.1 Å². The third-order valence-corrected chi connectivity index (χ3v) is 7.20. The maximum absolute atomic E-state index is 13.5. The van der Waals surface area contributed by atoms with Gasteiger partial charge in [0, 0.05) is 16.5 Å². The Morgan fingerprint density at radius 1 is 1.00 bits per heavy atom. The molecule has 4 N–H and O–H groups in total. The van der Waals surface area contributed by atoms with Crippen molar-refractivity contribution in [3.8, 4) is 17.2 Å². The monoisotopic (exact) mass is 462 g/mol. The van der Waals surface area contributed by atoms with Crippen LogP contribution in [0.3, 0.4) is 0 Å². The number of fused-ring (bicyclic) bond motifs is 2. The van der Waals surface area contributed by atoms with Gasteiger partial charge in [0.2, 0.25) is 5.78 Å². The van der Waals surface area contributed by atoms with Crippen molar-refractivity contribution in [1.29, 1.82) is 5.26 Å². The molecule has 0 atom stereocenters. The van der Waals surface area contributed by atoms with Gasteiger partial charge in [-0.25, -0.2) is 4.98 Å². The molecule has 2 aromatic heterocycles. The van der Waals surface area contributed by atoms with Crippen LogP contribution >= 0.6 is 11.3 Å². The number of pyridine rings is 1. The van der Waals surface area contributed by atoms with Gasteiger partial charge in [0.25, 0.3) is 0 Å². The van der Waals surface area contributed by atoms with Crippen molar-refractivity contribution in [3.63, 3.8) is 0 Å². The van der Waals surface area contributed by atoms with Crippen molar-refractivity contribution in [3.05, 3.63) is 88.3 Å². The van der Waals surface area contributed by atoms with Crippen molar-refractivity contribution < 1.29 is 4.79 Å². The minimum absolute atomic E-state index is 0.129. The largest absolute Gasteiger partial charge is 0.397 e. The van der Waals surface area contributed by atoms with Gasteiger partial charge in [-0.2, -0.15) is 5.26 Å². The first-order valence-corrected chi connectivity index (χ1v) is 11.8. The van der Waals surface area contributed by atoms with Crippen LogP contribution in [0, 0.1) is 11.3 Å². The molecule has 3 aromatic carbocycles. The molecule has 2 heterocycles. The summed E-state index contributed by atoms with van der Waals surface area (Å²) >= 11 is 1.21. The molecule has 5 aromatic rings. The number of benzene rings is 3. The van der Waals surface area contributed by atoms with E-state index >= 15 is 0 Å².